The van der Waals surface area contributed by atoms with Crippen LogP contribution in [0.5, 0.6) is 0 Å². The van der Waals surface area contributed by atoms with Gasteiger partial charge in [-0.2, -0.15) is 0 Å². The summed E-state index contributed by atoms with van der Waals surface area (Å²) < 4.78 is 0. The molecule has 0 spiro atoms. The van der Waals surface area contributed by atoms with Gasteiger partial charge in [-0.3, -0.25) is 0 Å². The molecule has 0 bridgehead atoms. The molecule has 1 aliphatic carbocycles. The summed E-state index contributed by atoms with van der Waals surface area (Å²) in [5.74, 6) is 0.815. The molecule has 0 atom stereocenters. The van der Waals surface area contributed by atoms with E-state index in [1.807, 2.05) is 17.5 Å². The fourth-order valence-electron chi connectivity index (χ4n) is 3.38. The van der Waals surface area contributed by atoms with E-state index in [1.54, 1.807) is 0 Å². The monoisotopic (exact) mass is 266 g/mol. The van der Waals surface area contributed by atoms with Crippen molar-refractivity contribution in [2.45, 2.75) is 59.4 Å². The molecule has 18 heavy (non-hydrogen) atoms. The van der Waals surface area contributed by atoms with E-state index in [9.17, 15) is 0 Å². The van der Waals surface area contributed by atoms with Crippen LogP contribution in [-0.2, 0) is 6.54 Å². The topological polar surface area (TPSA) is 24.9 Å². The molecule has 0 radical (unpaired) electrons. The molecule has 3 heteroatoms. The summed E-state index contributed by atoms with van der Waals surface area (Å²) in [5.41, 5.74) is 0.577. The Labute approximate surface area is 115 Å². The van der Waals surface area contributed by atoms with E-state index in [2.05, 4.69) is 31.1 Å². The van der Waals surface area contributed by atoms with Crippen molar-refractivity contribution in [2.75, 3.05) is 6.54 Å². The number of aryl methyl sites for hydroxylation is 1. The van der Waals surface area contributed by atoms with Gasteiger partial charge in [-0.1, -0.05) is 26.7 Å². The molecule has 0 aliphatic heterocycles. The van der Waals surface area contributed by atoms with Crippen LogP contribution in [0.3, 0.4) is 0 Å². The van der Waals surface area contributed by atoms with Crippen molar-refractivity contribution < 1.29 is 0 Å². The van der Waals surface area contributed by atoms with E-state index in [0.29, 0.717) is 5.41 Å². The second-order valence-corrected chi connectivity index (χ2v) is 7.57. The molecule has 1 aliphatic rings. The van der Waals surface area contributed by atoms with Crippen LogP contribution in [0.25, 0.3) is 0 Å². The number of aromatic nitrogens is 1. The number of rotatable bonds is 6. The third-order valence-electron chi connectivity index (χ3n) is 3.97. The summed E-state index contributed by atoms with van der Waals surface area (Å²) >= 11 is 1.81. The lowest BCUT2D eigenvalue weighted by molar-refractivity contribution is 0.224. The molecule has 0 saturated heterocycles. The smallest absolute Gasteiger partial charge is 0.0897 e. The third-order valence-corrected chi connectivity index (χ3v) is 4.89. The summed E-state index contributed by atoms with van der Waals surface area (Å²) in [6.07, 6.45) is 9.07. The molecule has 0 amide bonds. The first kappa shape index (κ1) is 14.0. The molecule has 1 saturated carbocycles. The molecule has 0 aromatic carbocycles. The van der Waals surface area contributed by atoms with Crippen LogP contribution in [0.15, 0.2) is 6.20 Å². The van der Waals surface area contributed by atoms with Crippen molar-refractivity contribution in [3.8, 4) is 0 Å². The van der Waals surface area contributed by atoms with Crippen molar-refractivity contribution >= 4 is 11.3 Å². The Bertz CT molecular complexity index is 364. The zero-order valence-electron chi connectivity index (χ0n) is 12.0. The molecule has 1 fully saturated rings. The van der Waals surface area contributed by atoms with Crippen LogP contribution < -0.4 is 5.32 Å². The minimum atomic E-state index is 0.577. The van der Waals surface area contributed by atoms with Crippen LogP contribution in [0, 0.1) is 18.3 Å². The van der Waals surface area contributed by atoms with E-state index in [4.69, 9.17) is 0 Å². The fraction of sp³-hybridized carbons (Fsp3) is 0.800. The van der Waals surface area contributed by atoms with Crippen LogP contribution in [-0.4, -0.2) is 11.5 Å². The zero-order chi connectivity index (χ0) is 13.0. The quantitative estimate of drug-likeness (QED) is 0.836. The molecule has 1 heterocycles. The van der Waals surface area contributed by atoms with Gasteiger partial charge in [-0.05, 0) is 37.5 Å². The van der Waals surface area contributed by atoms with Gasteiger partial charge in [0.1, 0.15) is 0 Å². The highest BCUT2D eigenvalue weighted by Gasteiger charge is 2.33. The fourth-order valence-corrected chi connectivity index (χ4v) is 4.15. The van der Waals surface area contributed by atoms with E-state index < -0.39 is 0 Å². The minimum absolute atomic E-state index is 0.577. The van der Waals surface area contributed by atoms with Gasteiger partial charge < -0.3 is 5.32 Å². The molecule has 0 unspecified atom stereocenters. The number of thiazole rings is 1. The van der Waals surface area contributed by atoms with Crippen LogP contribution in [0.1, 0.15) is 55.8 Å². The molecule has 1 aromatic heterocycles. The van der Waals surface area contributed by atoms with Crippen molar-refractivity contribution in [2.24, 2.45) is 11.3 Å². The van der Waals surface area contributed by atoms with Gasteiger partial charge in [-0.25, -0.2) is 4.98 Å². The first-order valence-electron chi connectivity index (χ1n) is 7.22. The summed E-state index contributed by atoms with van der Waals surface area (Å²) in [7, 11) is 0. The molecular formula is C15H26N2S. The number of nitrogens with zero attached hydrogens (tertiary/aromatic N) is 1. The maximum Gasteiger partial charge on any atom is 0.0897 e. The van der Waals surface area contributed by atoms with Gasteiger partial charge >= 0.3 is 0 Å². The van der Waals surface area contributed by atoms with Gasteiger partial charge in [0.2, 0.25) is 0 Å². The molecule has 102 valence electrons. The predicted octanol–water partition coefficient (Wildman–Crippen LogP) is 4.15. The van der Waals surface area contributed by atoms with Gasteiger partial charge in [0.25, 0.3) is 0 Å². The Morgan fingerprint density at radius 2 is 2.11 bits per heavy atom. The van der Waals surface area contributed by atoms with E-state index in [1.165, 1.54) is 48.5 Å². The molecule has 1 aromatic rings. The Balaban J connectivity index is 1.82. The highest BCUT2D eigenvalue weighted by Crippen LogP contribution is 2.42. The summed E-state index contributed by atoms with van der Waals surface area (Å²) in [4.78, 5) is 5.68. The van der Waals surface area contributed by atoms with Gasteiger partial charge in [-0.15, -0.1) is 11.3 Å². The highest BCUT2D eigenvalue weighted by atomic mass is 32.1. The first-order chi connectivity index (χ1) is 8.60. The average molecular weight is 266 g/mol. The standard InChI is InChI=1S/C15H26N2S/c1-12(2)8-15(6-4-5-7-15)11-16-9-14-10-17-13(3)18-14/h10,12,16H,4-9,11H2,1-3H3. The normalized spacial score (nSPS) is 18.7. The van der Waals surface area contributed by atoms with E-state index in [-0.39, 0.29) is 0 Å². The lowest BCUT2D eigenvalue weighted by Crippen LogP contribution is -2.32. The maximum atomic E-state index is 4.31. The Hall–Kier alpha value is -0.410. The number of hydrogen-bond acceptors (Lipinski definition) is 3. The zero-order valence-corrected chi connectivity index (χ0v) is 12.8. The molecule has 2 rings (SSSR count). The molecule has 1 N–H and O–H groups in total. The largest absolute Gasteiger partial charge is 0.311 e. The third kappa shape index (κ3) is 3.79. The lowest BCUT2D eigenvalue weighted by Gasteiger charge is -2.31. The summed E-state index contributed by atoms with van der Waals surface area (Å²) in [6.45, 7) is 8.96. The molecular weight excluding hydrogens is 240 g/mol. The Morgan fingerprint density at radius 3 is 2.67 bits per heavy atom. The van der Waals surface area contributed by atoms with Gasteiger partial charge in [0.15, 0.2) is 0 Å². The Morgan fingerprint density at radius 1 is 1.39 bits per heavy atom. The number of nitrogens with one attached hydrogen (secondary N) is 1. The minimum Gasteiger partial charge on any atom is -0.311 e. The SMILES string of the molecule is Cc1ncc(CNCC2(CC(C)C)CCCC2)s1. The van der Waals surface area contributed by atoms with Crippen molar-refractivity contribution in [3.05, 3.63) is 16.1 Å². The summed E-state index contributed by atoms with van der Waals surface area (Å²) in [5, 5.41) is 4.84. The Kier molecular flexibility index (Phi) is 4.79. The van der Waals surface area contributed by atoms with Crippen molar-refractivity contribution in [1.29, 1.82) is 0 Å². The van der Waals surface area contributed by atoms with Crippen LogP contribution in [0.2, 0.25) is 0 Å². The second-order valence-electron chi connectivity index (χ2n) is 6.25. The van der Waals surface area contributed by atoms with Gasteiger partial charge in [0.05, 0.1) is 5.01 Å². The first-order valence-corrected chi connectivity index (χ1v) is 8.03. The lowest BCUT2D eigenvalue weighted by atomic mass is 9.78. The van der Waals surface area contributed by atoms with Gasteiger partial charge in [0, 0.05) is 24.2 Å². The van der Waals surface area contributed by atoms with Crippen molar-refractivity contribution in [1.82, 2.24) is 10.3 Å². The summed E-state index contributed by atoms with van der Waals surface area (Å²) in [6, 6.07) is 0. The maximum absolute atomic E-state index is 4.31. The predicted molar refractivity (Wildman–Crippen MR) is 78.9 cm³/mol. The van der Waals surface area contributed by atoms with Crippen LogP contribution >= 0.6 is 11.3 Å². The second kappa shape index (κ2) is 6.16. The highest BCUT2D eigenvalue weighted by molar-refractivity contribution is 7.11. The van der Waals surface area contributed by atoms with Crippen molar-refractivity contribution in [3.63, 3.8) is 0 Å². The molecule has 2 nitrogen and oxygen atoms in total. The van der Waals surface area contributed by atoms with E-state index >= 15 is 0 Å². The van der Waals surface area contributed by atoms with E-state index in [0.717, 1.165) is 12.5 Å². The number of hydrogen-bond donors (Lipinski definition) is 1. The average Bonchev–Trinajstić information content (AvgIpc) is 2.88. The van der Waals surface area contributed by atoms with Crippen LogP contribution in [0.4, 0.5) is 0 Å².